The number of carboxylic acid groups (broad SMARTS) is 1. The molecule has 9 heteroatoms. The lowest BCUT2D eigenvalue weighted by Crippen LogP contribution is -2.70. The number of aliphatic carboxylic acids is 1. The number of thioether (sulfide) groups is 1. The lowest BCUT2D eigenvalue weighted by Gasteiger charge is -2.43. The average Bonchev–Trinajstić information content (AvgIpc) is 2.87. The van der Waals surface area contributed by atoms with E-state index in [2.05, 4.69) is 10.1 Å². The number of esters is 1. The number of β-lactam (4-membered cyclic amide) rings is 1. The molecule has 26 heavy (non-hydrogen) atoms. The number of nitrogens with zero attached hydrogens (tertiary/aromatic N) is 1. The molecule has 0 aliphatic carbocycles. The minimum absolute atomic E-state index is 0.219. The van der Waals surface area contributed by atoms with Crippen molar-refractivity contribution in [3.63, 3.8) is 0 Å². The van der Waals surface area contributed by atoms with Crippen molar-refractivity contribution >= 4 is 35.5 Å². The summed E-state index contributed by atoms with van der Waals surface area (Å²) < 4.78 is 3.97. The molecule has 2 aliphatic rings. The van der Waals surface area contributed by atoms with E-state index in [4.69, 9.17) is 0 Å². The molecule has 2 saturated heterocycles. The molecular weight excluding hydrogens is 360 g/mol. The highest BCUT2D eigenvalue weighted by molar-refractivity contribution is 8.01. The Hall–Kier alpha value is -2.55. The van der Waals surface area contributed by atoms with Gasteiger partial charge in [-0.15, -0.1) is 11.8 Å². The Kier molecular flexibility index (Phi) is 4.43. The molecule has 0 unspecified atom stereocenters. The van der Waals surface area contributed by atoms with E-state index in [1.54, 1.807) is 19.9 Å². The van der Waals surface area contributed by atoms with Gasteiger partial charge in [-0.3, -0.25) is 9.59 Å². The van der Waals surface area contributed by atoms with Crippen molar-refractivity contribution in [3.05, 3.63) is 35.4 Å². The Balaban J connectivity index is 1.75. The molecule has 2 amide bonds. The van der Waals surface area contributed by atoms with Gasteiger partial charge in [-0.05, 0) is 32.0 Å². The molecule has 0 spiro atoms. The summed E-state index contributed by atoms with van der Waals surface area (Å²) in [4.78, 5) is 49.2. The van der Waals surface area contributed by atoms with Gasteiger partial charge in [0.15, 0.2) is 0 Å². The SMILES string of the molecule is COC(=O)c1cccc(C(=O)N[C@@H]2C(=O)N3[C@@H]2SC(C)(C)[C@@H]3C(=O)O)c1. The quantitative estimate of drug-likeness (QED) is 0.586. The van der Waals surface area contributed by atoms with Crippen LogP contribution in [0.25, 0.3) is 0 Å². The lowest BCUT2D eigenvalue weighted by molar-refractivity contribution is -0.159. The summed E-state index contributed by atoms with van der Waals surface area (Å²) in [5.41, 5.74) is 0.445. The van der Waals surface area contributed by atoms with Gasteiger partial charge < -0.3 is 20.1 Å². The van der Waals surface area contributed by atoms with Crippen LogP contribution < -0.4 is 5.32 Å². The standard InChI is InChI=1S/C17H18N2O6S/c1-17(2)11(15(22)23)19-13(21)10(14(19)26-17)18-12(20)8-5-4-6-9(7-8)16(24)25-3/h4-7,10-11,14H,1-3H3,(H,18,20)(H,22,23)/t10-,11+,14-/m1/s1. The number of nitrogens with one attached hydrogen (secondary N) is 1. The number of hydrogen-bond donors (Lipinski definition) is 2. The average molecular weight is 378 g/mol. The van der Waals surface area contributed by atoms with Gasteiger partial charge in [0.1, 0.15) is 17.5 Å². The third-order valence-electron chi connectivity index (χ3n) is 4.51. The maximum Gasteiger partial charge on any atom is 0.337 e. The van der Waals surface area contributed by atoms with E-state index >= 15 is 0 Å². The van der Waals surface area contributed by atoms with Crippen molar-refractivity contribution in [1.82, 2.24) is 10.2 Å². The van der Waals surface area contributed by atoms with Gasteiger partial charge in [0.2, 0.25) is 5.91 Å². The number of ether oxygens (including phenoxy) is 1. The molecule has 0 saturated carbocycles. The van der Waals surface area contributed by atoms with Crippen LogP contribution >= 0.6 is 11.8 Å². The second-order valence-electron chi connectivity index (χ2n) is 6.62. The molecule has 138 valence electrons. The second-order valence-corrected chi connectivity index (χ2v) is 8.39. The van der Waals surface area contributed by atoms with Crippen molar-refractivity contribution in [2.45, 2.75) is 36.1 Å². The van der Waals surface area contributed by atoms with Crippen LogP contribution in [0.15, 0.2) is 24.3 Å². The number of fused-ring (bicyclic) bond motifs is 1. The van der Waals surface area contributed by atoms with Gasteiger partial charge in [-0.1, -0.05) is 6.07 Å². The van der Waals surface area contributed by atoms with Crippen molar-refractivity contribution < 1.29 is 29.0 Å². The van der Waals surface area contributed by atoms with Gasteiger partial charge in [0.05, 0.1) is 12.7 Å². The van der Waals surface area contributed by atoms with E-state index in [0.717, 1.165) is 0 Å². The summed E-state index contributed by atoms with van der Waals surface area (Å²) in [5.74, 6) is -2.55. The molecule has 0 bridgehead atoms. The predicted molar refractivity (Wildman–Crippen MR) is 92.8 cm³/mol. The summed E-state index contributed by atoms with van der Waals surface area (Å²) >= 11 is 1.35. The van der Waals surface area contributed by atoms with Crippen LogP contribution in [0.5, 0.6) is 0 Å². The van der Waals surface area contributed by atoms with E-state index in [9.17, 15) is 24.3 Å². The number of amides is 2. The normalized spacial score (nSPS) is 25.9. The number of carbonyl (C=O) groups excluding carboxylic acids is 3. The molecule has 2 heterocycles. The number of benzene rings is 1. The summed E-state index contributed by atoms with van der Waals surface area (Å²) in [6.07, 6.45) is 0. The van der Waals surface area contributed by atoms with Crippen molar-refractivity contribution in [1.29, 1.82) is 0 Å². The first-order chi connectivity index (χ1) is 12.2. The van der Waals surface area contributed by atoms with Crippen LogP contribution in [0.2, 0.25) is 0 Å². The molecule has 8 nitrogen and oxygen atoms in total. The van der Waals surface area contributed by atoms with E-state index in [0.29, 0.717) is 0 Å². The second kappa shape index (κ2) is 6.31. The van der Waals surface area contributed by atoms with Crippen LogP contribution in [0, 0.1) is 0 Å². The number of carbonyl (C=O) groups is 4. The van der Waals surface area contributed by atoms with Gasteiger partial charge in [0.25, 0.3) is 5.91 Å². The Labute approximate surface area is 153 Å². The van der Waals surface area contributed by atoms with Gasteiger partial charge in [-0.2, -0.15) is 0 Å². The highest BCUT2D eigenvalue weighted by Crippen LogP contribution is 2.50. The third-order valence-corrected chi connectivity index (χ3v) is 6.08. The first-order valence-corrected chi connectivity index (χ1v) is 8.77. The lowest BCUT2D eigenvalue weighted by atomic mass is 9.96. The summed E-state index contributed by atoms with van der Waals surface area (Å²) in [5, 5.41) is 11.6. The fourth-order valence-electron chi connectivity index (χ4n) is 3.28. The molecule has 2 N–H and O–H groups in total. The monoisotopic (exact) mass is 378 g/mol. The number of carboxylic acids is 1. The van der Waals surface area contributed by atoms with E-state index in [1.807, 2.05) is 0 Å². The highest BCUT2D eigenvalue weighted by atomic mass is 32.2. The number of rotatable bonds is 4. The Bertz CT molecular complexity index is 808. The van der Waals surface area contributed by atoms with Crippen LogP contribution in [0.1, 0.15) is 34.6 Å². The molecule has 3 atom stereocenters. The van der Waals surface area contributed by atoms with Gasteiger partial charge in [0, 0.05) is 10.3 Å². The van der Waals surface area contributed by atoms with Gasteiger partial charge in [-0.25, -0.2) is 9.59 Å². The fraction of sp³-hybridized carbons (Fsp3) is 0.412. The van der Waals surface area contributed by atoms with E-state index in [1.165, 1.54) is 42.0 Å². The maximum absolute atomic E-state index is 12.5. The molecule has 3 rings (SSSR count). The molecule has 1 aromatic carbocycles. The smallest absolute Gasteiger partial charge is 0.337 e. The van der Waals surface area contributed by atoms with Gasteiger partial charge >= 0.3 is 11.9 Å². The molecular formula is C17H18N2O6S. The Morgan fingerprint density at radius 1 is 1.27 bits per heavy atom. The Morgan fingerprint density at radius 3 is 2.54 bits per heavy atom. The van der Waals surface area contributed by atoms with Crippen LogP contribution in [0.4, 0.5) is 0 Å². The number of hydrogen-bond acceptors (Lipinski definition) is 6. The van der Waals surface area contributed by atoms with Crippen molar-refractivity contribution in [3.8, 4) is 0 Å². The van der Waals surface area contributed by atoms with E-state index in [-0.39, 0.29) is 11.1 Å². The summed E-state index contributed by atoms with van der Waals surface area (Å²) in [7, 11) is 1.24. The highest BCUT2D eigenvalue weighted by Gasteiger charge is 2.64. The van der Waals surface area contributed by atoms with Crippen molar-refractivity contribution in [2.24, 2.45) is 0 Å². The number of methoxy groups -OCH3 is 1. The molecule has 2 aliphatic heterocycles. The molecule has 2 fully saturated rings. The first kappa shape index (κ1) is 18.2. The molecule has 0 radical (unpaired) electrons. The zero-order valence-electron chi connectivity index (χ0n) is 14.4. The molecule has 0 aromatic heterocycles. The zero-order chi connectivity index (χ0) is 19.2. The predicted octanol–water partition coefficient (Wildman–Crippen LogP) is 0.718. The third kappa shape index (κ3) is 2.82. The zero-order valence-corrected chi connectivity index (χ0v) is 15.2. The van der Waals surface area contributed by atoms with E-state index < -0.39 is 46.0 Å². The van der Waals surface area contributed by atoms with Crippen LogP contribution in [-0.4, -0.2) is 63.1 Å². The first-order valence-electron chi connectivity index (χ1n) is 7.89. The Morgan fingerprint density at radius 2 is 1.92 bits per heavy atom. The summed E-state index contributed by atoms with van der Waals surface area (Å²) in [6.45, 7) is 3.53. The van der Waals surface area contributed by atoms with Crippen LogP contribution in [0.3, 0.4) is 0 Å². The summed E-state index contributed by atoms with van der Waals surface area (Å²) in [6, 6.07) is 4.25. The van der Waals surface area contributed by atoms with Crippen molar-refractivity contribution in [2.75, 3.05) is 7.11 Å². The minimum atomic E-state index is -1.06. The fourth-order valence-corrected chi connectivity index (χ4v) is 4.90. The molecule has 1 aromatic rings. The minimum Gasteiger partial charge on any atom is -0.480 e. The maximum atomic E-state index is 12.5. The largest absolute Gasteiger partial charge is 0.480 e. The topological polar surface area (TPSA) is 113 Å². The van der Waals surface area contributed by atoms with Crippen LogP contribution in [-0.2, 0) is 14.3 Å².